The third-order valence-corrected chi connectivity index (χ3v) is 3.69. The first-order chi connectivity index (χ1) is 8.52. The molecule has 0 aliphatic heterocycles. The zero-order chi connectivity index (χ0) is 13.3. The maximum absolute atomic E-state index is 13.8. The van der Waals surface area contributed by atoms with Gasteiger partial charge in [0.2, 0.25) is 0 Å². The number of methoxy groups -OCH3 is 1. The third kappa shape index (κ3) is 2.22. The average Bonchev–Trinajstić information content (AvgIpc) is 2.70. The van der Waals surface area contributed by atoms with Crippen molar-refractivity contribution in [2.75, 3.05) is 12.8 Å². The number of nitrogen functional groups attached to an aromatic ring is 1. The Labute approximate surface area is 108 Å². The fraction of sp³-hybridized carbons (Fsp3) is 0.154. The molecule has 1 heterocycles. The molecule has 0 aliphatic carbocycles. The SMILES string of the molecule is COC(=O)c1sc(-c2ccc(C)cc2F)cc1N. The predicted octanol–water partition coefficient (Wildman–Crippen LogP) is 3.23. The van der Waals surface area contributed by atoms with Gasteiger partial charge in [0.05, 0.1) is 12.8 Å². The van der Waals surface area contributed by atoms with Crippen LogP contribution in [0.4, 0.5) is 10.1 Å². The molecule has 0 aliphatic rings. The van der Waals surface area contributed by atoms with Gasteiger partial charge in [-0.2, -0.15) is 0 Å². The van der Waals surface area contributed by atoms with E-state index >= 15 is 0 Å². The molecule has 0 bridgehead atoms. The van der Waals surface area contributed by atoms with Gasteiger partial charge >= 0.3 is 5.97 Å². The summed E-state index contributed by atoms with van der Waals surface area (Å²) in [6, 6.07) is 6.52. The van der Waals surface area contributed by atoms with Crippen LogP contribution < -0.4 is 5.73 Å². The van der Waals surface area contributed by atoms with E-state index in [4.69, 9.17) is 5.73 Å². The Balaban J connectivity index is 2.49. The van der Waals surface area contributed by atoms with Gasteiger partial charge in [0.15, 0.2) is 0 Å². The van der Waals surface area contributed by atoms with Crippen LogP contribution in [0.1, 0.15) is 15.2 Å². The quantitative estimate of drug-likeness (QED) is 0.848. The van der Waals surface area contributed by atoms with Crippen molar-refractivity contribution < 1.29 is 13.9 Å². The Morgan fingerprint density at radius 1 is 1.39 bits per heavy atom. The lowest BCUT2D eigenvalue weighted by molar-refractivity contribution is 0.0607. The van der Waals surface area contributed by atoms with Crippen LogP contribution in [0.2, 0.25) is 0 Å². The zero-order valence-electron chi connectivity index (χ0n) is 9.99. The fourth-order valence-electron chi connectivity index (χ4n) is 1.61. The highest BCUT2D eigenvalue weighted by molar-refractivity contribution is 7.18. The van der Waals surface area contributed by atoms with E-state index in [2.05, 4.69) is 4.74 Å². The minimum absolute atomic E-state index is 0.299. The largest absolute Gasteiger partial charge is 0.465 e. The molecular formula is C13H12FNO2S. The van der Waals surface area contributed by atoms with Crippen molar-refractivity contribution in [1.82, 2.24) is 0 Å². The van der Waals surface area contributed by atoms with E-state index in [0.29, 0.717) is 21.0 Å². The normalized spacial score (nSPS) is 10.4. The second-order valence-corrected chi connectivity index (χ2v) is 4.92. The number of benzene rings is 1. The standard InChI is InChI=1S/C13H12FNO2S/c1-7-3-4-8(9(14)5-7)11-6-10(15)12(18-11)13(16)17-2/h3-6H,15H2,1-2H3. The van der Waals surface area contributed by atoms with Crippen molar-refractivity contribution in [3.8, 4) is 10.4 Å². The summed E-state index contributed by atoms with van der Waals surface area (Å²) in [7, 11) is 1.29. The number of esters is 1. The monoisotopic (exact) mass is 265 g/mol. The van der Waals surface area contributed by atoms with Crippen LogP contribution in [0.5, 0.6) is 0 Å². The van der Waals surface area contributed by atoms with Gasteiger partial charge in [-0.05, 0) is 24.6 Å². The highest BCUT2D eigenvalue weighted by atomic mass is 32.1. The number of carbonyl (C=O) groups is 1. The summed E-state index contributed by atoms with van der Waals surface area (Å²) < 4.78 is 18.4. The number of nitrogens with two attached hydrogens (primary N) is 1. The molecule has 0 spiro atoms. The van der Waals surface area contributed by atoms with Gasteiger partial charge in [0, 0.05) is 10.4 Å². The Morgan fingerprint density at radius 3 is 2.72 bits per heavy atom. The summed E-state index contributed by atoms with van der Waals surface area (Å²) in [4.78, 5) is 12.3. The molecular weight excluding hydrogens is 253 g/mol. The lowest BCUT2D eigenvalue weighted by Gasteiger charge is -2.00. The highest BCUT2D eigenvalue weighted by Gasteiger charge is 2.17. The number of aryl methyl sites for hydroxylation is 1. The van der Waals surface area contributed by atoms with Crippen LogP contribution in [-0.2, 0) is 4.74 Å². The molecule has 0 radical (unpaired) electrons. The van der Waals surface area contributed by atoms with Crippen molar-refractivity contribution >= 4 is 23.0 Å². The van der Waals surface area contributed by atoms with Crippen LogP contribution >= 0.6 is 11.3 Å². The molecule has 94 valence electrons. The summed E-state index contributed by atoms with van der Waals surface area (Å²) in [5.41, 5.74) is 7.31. The van der Waals surface area contributed by atoms with Gasteiger partial charge in [-0.15, -0.1) is 11.3 Å². The van der Waals surface area contributed by atoms with Crippen LogP contribution in [0.3, 0.4) is 0 Å². The van der Waals surface area contributed by atoms with E-state index in [1.54, 1.807) is 12.1 Å². The van der Waals surface area contributed by atoms with Crippen molar-refractivity contribution in [3.05, 3.63) is 40.5 Å². The molecule has 0 amide bonds. The number of rotatable bonds is 2. The van der Waals surface area contributed by atoms with Crippen LogP contribution in [-0.4, -0.2) is 13.1 Å². The van der Waals surface area contributed by atoms with E-state index in [-0.39, 0.29) is 5.82 Å². The Morgan fingerprint density at radius 2 is 2.11 bits per heavy atom. The number of thiophene rings is 1. The molecule has 0 unspecified atom stereocenters. The highest BCUT2D eigenvalue weighted by Crippen LogP contribution is 2.35. The van der Waals surface area contributed by atoms with Crippen molar-refractivity contribution in [2.45, 2.75) is 6.92 Å². The number of ether oxygens (including phenoxy) is 1. The first-order valence-corrected chi connectivity index (χ1v) is 6.08. The molecule has 18 heavy (non-hydrogen) atoms. The first kappa shape index (κ1) is 12.6. The van der Waals surface area contributed by atoms with Crippen LogP contribution in [0, 0.1) is 12.7 Å². The summed E-state index contributed by atoms with van der Waals surface area (Å²) in [5.74, 6) is -0.830. The number of carbonyl (C=O) groups excluding carboxylic acids is 1. The number of hydrogen-bond donors (Lipinski definition) is 1. The fourth-order valence-corrected chi connectivity index (χ4v) is 2.63. The summed E-state index contributed by atoms with van der Waals surface area (Å²) in [5, 5.41) is 0. The van der Waals surface area contributed by atoms with E-state index in [0.717, 1.165) is 16.9 Å². The van der Waals surface area contributed by atoms with Crippen LogP contribution in [0.15, 0.2) is 24.3 Å². The molecule has 3 nitrogen and oxygen atoms in total. The zero-order valence-corrected chi connectivity index (χ0v) is 10.8. The van der Waals surface area contributed by atoms with Gasteiger partial charge < -0.3 is 10.5 Å². The maximum Gasteiger partial charge on any atom is 0.350 e. The Bertz CT molecular complexity index is 607. The van der Waals surface area contributed by atoms with Crippen molar-refractivity contribution in [3.63, 3.8) is 0 Å². The van der Waals surface area contributed by atoms with Crippen LogP contribution in [0.25, 0.3) is 10.4 Å². The molecule has 0 fully saturated rings. The van der Waals surface area contributed by atoms with E-state index in [1.807, 2.05) is 13.0 Å². The van der Waals surface area contributed by atoms with E-state index < -0.39 is 5.97 Å². The maximum atomic E-state index is 13.8. The van der Waals surface area contributed by atoms with E-state index in [1.165, 1.54) is 13.2 Å². The minimum Gasteiger partial charge on any atom is -0.465 e. The molecule has 0 saturated heterocycles. The second-order valence-electron chi connectivity index (χ2n) is 3.87. The van der Waals surface area contributed by atoms with E-state index in [9.17, 15) is 9.18 Å². The molecule has 2 aromatic rings. The summed E-state index contributed by atoms with van der Waals surface area (Å²) in [6.45, 7) is 1.82. The first-order valence-electron chi connectivity index (χ1n) is 5.27. The summed E-state index contributed by atoms with van der Waals surface area (Å²) in [6.07, 6.45) is 0. The number of hydrogen-bond acceptors (Lipinski definition) is 4. The molecule has 1 aromatic heterocycles. The number of anilines is 1. The molecule has 2 N–H and O–H groups in total. The molecule has 1 aromatic carbocycles. The van der Waals surface area contributed by atoms with Gasteiger partial charge in [-0.1, -0.05) is 12.1 Å². The van der Waals surface area contributed by atoms with Crippen molar-refractivity contribution in [1.29, 1.82) is 0 Å². The second kappa shape index (κ2) is 4.78. The topological polar surface area (TPSA) is 52.3 Å². The van der Waals surface area contributed by atoms with Gasteiger partial charge in [0.25, 0.3) is 0 Å². The Kier molecular flexibility index (Phi) is 3.34. The van der Waals surface area contributed by atoms with Gasteiger partial charge in [0.1, 0.15) is 10.7 Å². The molecule has 2 rings (SSSR count). The van der Waals surface area contributed by atoms with Crippen molar-refractivity contribution in [2.24, 2.45) is 0 Å². The smallest absolute Gasteiger partial charge is 0.350 e. The Hall–Kier alpha value is -1.88. The predicted molar refractivity (Wildman–Crippen MR) is 70.2 cm³/mol. The number of halogens is 1. The molecule has 0 atom stereocenters. The molecule has 0 saturated carbocycles. The summed E-state index contributed by atoms with van der Waals surface area (Å²) >= 11 is 1.13. The van der Waals surface area contributed by atoms with Gasteiger partial charge in [-0.3, -0.25) is 0 Å². The molecule has 5 heteroatoms. The average molecular weight is 265 g/mol. The third-order valence-electron chi connectivity index (χ3n) is 2.52. The minimum atomic E-state index is -0.503. The van der Waals surface area contributed by atoms with Gasteiger partial charge in [-0.25, -0.2) is 9.18 Å². The lowest BCUT2D eigenvalue weighted by Crippen LogP contribution is -2.00. The lowest BCUT2D eigenvalue weighted by atomic mass is 10.1.